The Morgan fingerprint density at radius 2 is 1.56 bits per heavy atom. The van der Waals surface area contributed by atoms with Gasteiger partial charge in [0.15, 0.2) is 10.9 Å². The average molecular weight is 471 g/mol. The van der Waals surface area contributed by atoms with E-state index in [4.69, 9.17) is 25.8 Å². The molecule has 0 saturated carbocycles. The van der Waals surface area contributed by atoms with Crippen molar-refractivity contribution in [3.8, 4) is 16.9 Å². The van der Waals surface area contributed by atoms with Crippen molar-refractivity contribution in [3.05, 3.63) is 95.0 Å². The molecule has 0 bridgehead atoms. The first-order chi connectivity index (χ1) is 16.5. The first kappa shape index (κ1) is 21.4. The average Bonchev–Trinajstić information content (AvgIpc) is 3.28. The van der Waals surface area contributed by atoms with Crippen molar-refractivity contribution in [1.29, 1.82) is 0 Å². The van der Waals surface area contributed by atoms with Crippen molar-refractivity contribution in [2.24, 2.45) is 0 Å². The number of anilines is 1. The van der Waals surface area contributed by atoms with Crippen molar-refractivity contribution < 1.29 is 18.4 Å². The minimum atomic E-state index is -0.487. The molecule has 34 heavy (non-hydrogen) atoms. The standard InChI is InChI=1S/C26H18N2O5S/c1-31-22-11-10-15(18-12-16-6-2-5-9-21(16)33-25(18)30)13-19(22)27-26(34)28-24(29)23-14-17-7-3-4-8-20(17)32-23/h2-14H,1H3,(H2,27,28,29,34). The normalized spacial score (nSPS) is 10.9. The highest BCUT2D eigenvalue weighted by Crippen LogP contribution is 2.30. The zero-order valence-electron chi connectivity index (χ0n) is 18.0. The van der Waals surface area contributed by atoms with Crippen LogP contribution in [0.3, 0.4) is 0 Å². The predicted octanol–water partition coefficient (Wildman–Crippen LogP) is 5.34. The molecule has 8 heteroatoms. The maximum atomic E-state index is 12.6. The van der Waals surface area contributed by atoms with Crippen LogP contribution in [-0.4, -0.2) is 18.1 Å². The fourth-order valence-electron chi connectivity index (χ4n) is 3.65. The van der Waals surface area contributed by atoms with Gasteiger partial charge in [-0.25, -0.2) is 4.79 Å². The smallest absolute Gasteiger partial charge is 0.344 e. The summed E-state index contributed by atoms with van der Waals surface area (Å²) in [5.74, 6) is 0.132. The second-order valence-electron chi connectivity index (χ2n) is 7.46. The molecule has 0 aliphatic heterocycles. The predicted molar refractivity (Wildman–Crippen MR) is 134 cm³/mol. The van der Waals surface area contributed by atoms with Crippen LogP contribution in [-0.2, 0) is 0 Å². The van der Waals surface area contributed by atoms with Crippen LogP contribution in [0.2, 0.25) is 0 Å². The van der Waals surface area contributed by atoms with E-state index >= 15 is 0 Å². The van der Waals surface area contributed by atoms with Crippen molar-refractivity contribution in [2.75, 3.05) is 12.4 Å². The molecule has 0 spiro atoms. The Morgan fingerprint density at radius 1 is 0.882 bits per heavy atom. The van der Waals surface area contributed by atoms with Gasteiger partial charge in [0.25, 0.3) is 5.91 Å². The van der Waals surface area contributed by atoms with E-state index in [9.17, 15) is 9.59 Å². The van der Waals surface area contributed by atoms with Crippen LogP contribution in [0.4, 0.5) is 5.69 Å². The third kappa shape index (κ3) is 4.14. The molecule has 7 nitrogen and oxygen atoms in total. The Bertz CT molecular complexity index is 1590. The van der Waals surface area contributed by atoms with Gasteiger partial charge in [0, 0.05) is 10.8 Å². The summed E-state index contributed by atoms with van der Waals surface area (Å²) in [7, 11) is 1.51. The minimum Gasteiger partial charge on any atom is -0.495 e. The third-order valence-corrected chi connectivity index (χ3v) is 5.48. The molecule has 0 fully saturated rings. The molecule has 2 heterocycles. The summed E-state index contributed by atoms with van der Waals surface area (Å²) >= 11 is 5.33. The van der Waals surface area contributed by atoms with Crippen LogP contribution in [0.25, 0.3) is 33.1 Å². The number of methoxy groups -OCH3 is 1. The maximum absolute atomic E-state index is 12.6. The fourth-order valence-corrected chi connectivity index (χ4v) is 3.85. The molecule has 0 unspecified atom stereocenters. The molecular formula is C26H18N2O5S. The monoisotopic (exact) mass is 470 g/mol. The first-order valence-electron chi connectivity index (χ1n) is 10.3. The summed E-state index contributed by atoms with van der Waals surface area (Å²) in [5.41, 5.74) is 2.13. The summed E-state index contributed by atoms with van der Waals surface area (Å²) in [6, 6.07) is 23.2. The first-order valence-corrected chi connectivity index (χ1v) is 10.7. The summed E-state index contributed by atoms with van der Waals surface area (Å²) in [6.07, 6.45) is 0. The number of hydrogen-bond acceptors (Lipinski definition) is 6. The molecule has 168 valence electrons. The Labute approximate surface area is 198 Å². The number of nitrogens with one attached hydrogen (secondary N) is 2. The lowest BCUT2D eigenvalue weighted by atomic mass is 10.0. The van der Waals surface area contributed by atoms with Gasteiger partial charge in [-0.2, -0.15) is 0 Å². The van der Waals surface area contributed by atoms with Crippen LogP contribution in [0.1, 0.15) is 10.6 Å². The molecule has 2 aromatic heterocycles. The molecule has 0 aliphatic carbocycles. The molecule has 0 aliphatic rings. The number of rotatable bonds is 4. The highest BCUT2D eigenvalue weighted by molar-refractivity contribution is 7.80. The van der Waals surface area contributed by atoms with E-state index < -0.39 is 11.5 Å². The van der Waals surface area contributed by atoms with Crippen LogP contribution in [0.5, 0.6) is 5.75 Å². The van der Waals surface area contributed by atoms with Gasteiger partial charge in [-0.1, -0.05) is 42.5 Å². The molecule has 2 N–H and O–H groups in total. The number of benzene rings is 3. The summed E-state index contributed by atoms with van der Waals surface area (Å²) in [6.45, 7) is 0. The van der Waals surface area contributed by atoms with Gasteiger partial charge in [0.2, 0.25) is 0 Å². The third-order valence-electron chi connectivity index (χ3n) is 5.28. The number of para-hydroxylation sites is 2. The second-order valence-corrected chi connectivity index (χ2v) is 7.87. The van der Waals surface area contributed by atoms with Gasteiger partial charge in [-0.05, 0) is 54.2 Å². The van der Waals surface area contributed by atoms with Crippen molar-refractivity contribution >= 4 is 50.9 Å². The number of furan rings is 1. The van der Waals surface area contributed by atoms with Gasteiger partial charge >= 0.3 is 5.63 Å². The number of ether oxygens (including phenoxy) is 1. The van der Waals surface area contributed by atoms with E-state index in [0.29, 0.717) is 33.7 Å². The van der Waals surface area contributed by atoms with Crippen LogP contribution in [0.15, 0.2) is 92.5 Å². The number of carbonyl (C=O) groups excluding carboxylic acids is 1. The quantitative estimate of drug-likeness (QED) is 0.270. The van der Waals surface area contributed by atoms with Gasteiger partial charge < -0.3 is 18.9 Å². The number of hydrogen-bond donors (Lipinski definition) is 2. The van der Waals surface area contributed by atoms with Gasteiger partial charge in [-0.15, -0.1) is 0 Å². The maximum Gasteiger partial charge on any atom is 0.344 e. The largest absolute Gasteiger partial charge is 0.495 e. The SMILES string of the molecule is COc1ccc(-c2cc3ccccc3oc2=O)cc1NC(=S)NC(=O)c1cc2ccccc2o1. The zero-order valence-corrected chi connectivity index (χ0v) is 18.8. The van der Waals surface area contributed by atoms with E-state index in [1.54, 1.807) is 48.5 Å². The second kappa shape index (κ2) is 8.84. The minimum absolute atomic E-state index is 0.0476. The zero-order chi connectivity index (χ0) is 23.7. The van der Waals surface area contributed by atoms with E-state index in [1.807, 2.05) is 30.3 Å². The Balaban J connectivity index is 1.40. The molecule has 0 saturated heterocycles. The number of carbonyl (C=O) groups is 1. The number of thiocarbonyl (C=S) groups is 1. The summed E-state index contributed by atoms with van der Waals surface area (Å²) in [4.78, 5) is 25.2. The molecule has 0 atom stereocenters. The molecule has 5 rings (SSSR count). The Kier molecular flexibility index (Phi) is 5.57. The summed E-state index contributed by atoms with van der Waals surface area (Å²) < 4.78 is 16.4. The van der Waals surface area contributed by atoms with Crippen LogP contribution >= 0.6 is 12.2 Å². The lowest BCUT2D eigenvalue weighted by molar-refractivity contribution is 0.0953. The van der Waals surface area contributed by atoms with Crippen LogP contribution < -0.4 is 21.0 Å². The van der Waals surface area contributed by atoms with Crippen molar-refractivity contribution in [1.82, 2.24) is 5.32 Å². The molecule has 1 amide bonds. The molecule has 5 aromatic rings. The van der Waals surface area contributed by atoms with E-state index in [2.05, 4.69) is 10.6 Å². The van der Waals surface area contributed by atoms with Gasteiger partial charge in [0.05, 0.1) is 18.4 Å². The van der Waals surface area contributed by atoms with Gasteiger partial charge in [-0.3, -0.25) is 10.1 Å². The van der Waals surface area contributed by atoms with E-state index in [-0.39, 0.29) is 10.9 Å². The topological polar surface area (TPSA) is 93.7 Å². The van der Waals surface area contributed by atoms with Crippen molar-refractivity contribution in [2.45, 2.75) is 0 Å². The molecular weight excluding hydrogens is 452 g/mol. The Morgan fingerprint density at radius 3 is 2.26 bits per heavy atom. The molecule has 0 radical (unpaired) electrons. The van der Waals surface area contributed by atoms with Crippen molar-refractivity contribution in [3.63, 3.8) is 0 Å². The number of amides is 1. The highest BCUT2D eigenvalue weighted by atomic mass is 32.1. The lowest BCUT2D eigenvalue weighted by Crippen LogP contribution is -2.34. The van der Waals surface area contributed by atoms with Crippen LogP contribution in [0, 0.1) is 0 Å². The highest BCUT2D eigenvalue weighted by Gasteiger charge is 2.16. The Hall–Kier alpha value is -4.43. The van der Waals surface area contributed by atoms with Gasteiger partial charge in [0.1, 0.15) is 16.9 Å². The fraction of sp³-hybridized carbons (Fsp3) is 0.0385. The van der Waals surface area contributed by atoms with E-state index in [0.717, 1.165) is 10.8 Å². The summed E-state index contributed by atoms with van der Waals surface area (Å²) in [5, 5.41) is 7.23. The lowest BCUT2D eigenvalue weighted by Gasteiger charge is -2.14. The molecule has 3 aromatic carbocycles. The van der Waals surface area contributed by atoms with E-state index in [1.165, 1.54) is 7.11 Å². The number of fused-ring (bicyclic) bond motifs is 2.